The molecule has 0 saturated carbocycles. The maximum atomic E-state index is 12.2. The van der Waals surface area contributed by atoms with Crippen LogP contribution >= 0.6 is 0 Å². The van der Waals surface area contributed by atoms with E-state index >= 15 is 0 Å². The Morgan fingerprint density at radius 2 is 2.00 bits per heavy atom. The van der Waals surface area contributed by atoms with Crippen molar-refractivity contribution >= 4 is 22.8 Å². The van der Waals surface area contributed by atoms with Gasteiger partial charge in [0.1, 0.15) is 5.82 Å². The number of H-pyrrole nitrogens is 1. The van der Waals surface area contributed by atoms with Crippen LogP contribution in [0.1, 0.15) is 45.9 Å². The highest BCUT2D eigenvalue weighted by atomic mass is 16.4. The molecule has 3 N–H and O–H groups in total. The Bertz CT molecular complexity index is 859. The molecule has 1 unspecified atom stereocenters. The van der Waals surface area contributed by atoms with Crippen LogP contribution in [0, 0.1) is 5.92 Å². The summed E-state index contributed by atoms with van der Waals surface area (Å²) in [6, 6.07) is 7.10. The van der Waals surface area contributed by atoms with E-state index in [2.05, 4.69) is 15.3 Å². The van der Waals surface area contributed by atoms with E-state index in [1.807, 2.05) is 19.9 Å². The number of aryl methyl sites for hydroxylation is 1. The standard InChI is InChI=1S/C19H25N3O4/c1-12(2)19(3,11-17(24)25)22-16(23)10-6-9-15-20-14-8-5-4-7-13(14)18(26)21-15/h4-5,7-8,12H,6,9-11H2,1-3H3,(H,22,23)(H,24,25)(H,20,21,26). The highest BCUT2D eigenvalue weighted by molar-refractivity contribution is 5.78. The van der Waals surface area contributed by atoms with E-state index in [0.29, 0.717) is 29.6 Å². The van der Waals surface area contributed by atoms with Crippen molar-refractivity contribution in [1.82, 2.24) is 15.3 Å². The summed E-state index contributed by atoms with van der Waals surface area (Å²) in [4.78, 5) is 42.4. The molecule has 0 fully saturated rings. The molecule has 0 bridgehead atoms. The lowest BCUT2D eigenvalue weighted by Gasteiger charge is -2.33. The third-order valence-corrected chi connectivity index (χ3v) is 4.70. The summed E-state index contributed by atoms with van der Waals surface area (Å²) in [5.41, 5.74) is -0.355. The molecule has 1 aromatic carbocycles. The number of rotatable bonds is 8. The first-order chi connectivity index (χ1) is 12.2. The summed E-state index contributed by atoms with van der Waals surface area (Å²) >= 11 is 0. The van der Waals surface area contributed by atoms with Crippen LogP contribution in [-0.2, 0) is 16.0 Å². The Morgan fingerprint density at radius 3 is 2.65 bits per heavy atom. The van der Waals surface area contributed by atoms with Crippen LogP contribution in [0.15, 0.2) is 29.1 Å². The normalized spacial score (nSPS) is 13.5. The predicted octanol–water partition coefficient (Wildman–Crippen LogP) is 2.25. The number of carboxylic acids is 1. The van der Waals surface area contributed by atoms with Crippen LogP contribution in [0.25, 0.3) is 10.9 Å². The number of nitrogens with one attached hydrogen (secondary N) is 2. The monoisotopic (exact) mass is 359 g/mol. The van der Waals surface area contributed by atoms with Gasteiger partial charge in [-0.15, -0.1) is 0 Å². The minimum absolute atomic E-state index is 0.0129. The topological polar surface area (TPSA) is 112 Å². The van der Waals surface area contributed by atoms with Gasteiger partial charge in [-0.1, -0.05) is 26.0 Å². The van der Waals surface area contributed by atoms with E-state index in [1.165, 1.54) is 0 Å². The number of carbonyl (C=O) groups is 2. The van der Waals surface area contributed by atoms with E-state index in [1.54, 1.807) is 25.1 Å². The fourth-order valence-electron chi connectivity index (χ4n) is 2.76. The highest BCUT2D eigenvalue weighted by Gasteiger charge is 2.32. The fourth-order valence-corrected chi connectivity index (χ4v) is 2.76. The lowest BCUT2D eigenvalue weighted by molar-refractivity contribution is -0.139. The number of fused-ring (bicyclic) bond motifs is 1. The SMILES string of the molecule is CC(C)C(C)(CC(=O)O)NC(=O)CCCc1nc2ccccc2c(=O)[nH]1. The van der Waals surface area contributed by atoms with Gasteiger partial charge in [0.05, 0.1) is 17.3 Å². The molecule has 7 heteroatoms. The zero-order valence-electron chi connectivity index (χ0n) is 15.3. The lowest BCUT2D eigenvalue weighted by atomic mass is 9.85. The third kappa shape index (κ3) is 4.91. The Hall–Kier alpha value is -2.70. The van der Waals surface area contributed by atoms with Crippen LogP contribution in [0.5, 0.6) is 0 Å². The van der Waals surface area contributed by atoms with Gasteiger partial charge in [0, 0.05) is 18.4 Å². The van der Waals surface area contributed by atoms with Crippen molar-refractivity contribution in [3.8, 4) is 0 Å². The highest BCUT2D eigenvalue weighted by Crippen LogP contribution is 2.21. The van der Waals surface area contributed by atoms with Crippen molar-refractivity contribution in [2.45, 2.75) is 52.0 Å². The number of hydrogen-bond donors (Lipinski definition) is 3. The molecule has 0 aliphatic heterocycles. The molecular weight excluding hydrogens is 334 g/mol. The molecule has 1 amide bonds. The Morgan fingerprint density at radius 1 is 1.31 bits per heavy atom. The Kier molecular flexibility index (Phi) is 6.13. The van der Waals surface area contributed by atoms with Crippen molar-refractivity contribution in [3.63, 3.8) is 0 Å². The maximum absolute atomic E-state index is 12.2. The summed E-state index contributed by atoms with van der Waals surface area (Å²) in [7, 11) is 0. The van der Waals surface area contributed by atoms with Crippen molar-refractivity contribution in [3.05, 3.63) is 40.4 Å². The Labute approximate surface area is 151 Å². The third-order valence-electron chi connectivity index (χ3n) is 4.70. The number of aromatic nitrogens is 2. The van der Waals surface area contributed by atoms with Gasteiger partial charge < -0.3 is 15.4 Å². The number of hydrogen-bond acceptors (Lipinski definition) is 4. The van der Waals surface area contributed by atoms with Crippen LogP contribution in [0.2, 0.25) is 0 Å². The molecule has 1 atom stereocenters. The summed E-state index contributed by atoms with van der Waals surface area (Å²) in [5.74, 6) is -0.621. The van der Waals surface area contributed by atoms with Gasteiger partial charge in [0.2, 0.25) is 5.91 Å². The van der Waals surface area contributed by atoms with Crippen molar-refractivity contribution < 1.29 is 14.7 Å². The summed E-state index contributed by atoms with van der Waals surface area (Å²) < 4.78 is 0. The van der Waals surface area contributed by atoms with Gasteiger partial charge in [0.25, 0.3) is 5.56 Å². The summed E-state index contributed by atoms with van der Waals surface area (Å²) in [5, 5.41) is 12.4. The van der Waals surface area contributed by atoms with Gasteiger partial charge in [-0.25, -0.2) is 4.98 Å². The number of amides is 1. The lowest BCUT2D eigenvalue weighted by Crippen LogP contribution is -2.51. The number of carbonyl (C=O) groups excluding carboxylic acids is 1. The molecular formula is C19H25N3O4. The first-order valence-corrected chi connectivity index (χ1v) is 8.72. The van der Waals surface area contributed by atoms with E-state index < -0.39 is 11.5 Å². The fraction of sp³-hybridized carbons (Fsp3) is 0.474. The van der Waals surface area contributed by atoms with E-state index in [4.69, 9.17) is 5.11 Å². The number of benzene rings is 1. The molecule has 0 aliphatic carbocycles. The zero-order valence-corrected chi connectivity index (χ0v) is 15.3. The first-order valence-electron chi connectivity index (χ1n) is 8.72. The molecule has 1 heterocycles. The smallest absolute Gasteiger partial charge is 0.305 e. The molecule has 2 aromatic rings. The van der Waals surface area contributed by atoms with E-state index in [-0.39, 0.29) is 30.2 Å². The average Bonchev–Trinajstić information content (AvgIpc) is 2.54. The summed E-state index contributed by atoms with van der Waals surface area (Å²) in [6.45, 7) is 5.51. The first kappa shape index (κ1) is 19.6. The van der Waals surface area contributed by atoms with Crippen molar-refractivity contribution in [1.29, 1.82) is 0 Å². The number of aliphatic carboxylic acids is 1. The van der Waals surface area contributed by atoms with E-state index in [9.17, 15) is 14.4 Å². The molecule has 0 spiro atoms. The number of aromatic amines is 1. The second-order valence-corrected chi connectivity index (χ2v) is 7.07. The van der Waals surface area contributed by atoms with E-state index in [0.717, 1.165) is 0 Å². The minimum Gasteiger partial charge on any atom is -0.481 e. The average molecular weight is 359 g/mol. The van der Waals surface area contributed by atoms with Crippen LogP contribution in [0.3, 0.4) is 0 Å². The van der Waals surface area contributed by atoms with Gasteiger partial charge in [-0.05, 0) is 31.4 Å². The second-order valence-electron chi connectivity index (χ2n) is 7.07. The quantitative estimate of drug-likeness (QED) is 0.669. The van der Waals surface area contributed by atoms with Gasteiger partial charge >= 0.3 is 5.97 Å². The second kappa shape index (κ2) is 8.12. The molecule has 0 aliphatic rings. The van der Waals surface area contributed by atoms with Crippen molar-refractivity contribution in [2.75, 3.05) is 0 Å². The molecule has 7 nitrogen and oxygen atoms in total. The molecule has 2 rings (SSSR count). The molecule has 1 aromatic heterocycles. The minimum atomic E-state index is -0.945. The van der Waals surface area contributed by atoms with Gasteiger partial charge in [-0.3, -0.25) is 14.4 Å². The Balaban J connectivity index is 1.96. The van der Waals surface area contributed by atoms with Crippen molar-refractivity contribution in [2.24, 2.45) is 5.92 Å². The van der Waals surface area contributed by atoms with Crippen LogP contribution in [-0.4, -0.2) is 32.5 Å². The predicted molar refractivity (Wildman–Crippen MR) is 98.9 cm³/mol. The number of carboxylic acid groups (broad SMARTS) is 1. The van der Waals surface area contributed by atoms with Crippen LogP contribution in [0.4, 0.5) is 0 Å². The van der Waals surface area contributed by atoms with Gasteiger partial charge in [-0.2, -0.15) is 0 Å². The molecule has 140 valence electrons. The number of nitrogens with zero attached hydrogens (tertiary/aromatic N) is 1. The summed E-state index contributed by atoms with van der Waals surface area (Å²) in [6.07, 6.45) is 1.08. The largest absolute Gasteiger partial charge is 0.481 e. The van der Waals surface area contributed by atoms with Gasteiger partial charge in [0.15, 0.2) is 0 Å². The van der Waals surface area contributed by atoms with Crippen LogP contribution < -0.4 is 10.9 Å². The molecule has 26 heavy (non-hydrogen) atoms. The molecule has 0 saturated heterocycles. The zero-order chi connectivity index (χ0) is 19.3. The molecule has 0 radical (unpaired) electrons. The maximum Gasteiger partial charge on any atom is 0.305 e. The number of para-hydroxylation sites is 1.